The van der Waals surface area contributed by atoms with Crippen LogP contribution in [0.1, 0.15) is 40.4 Å². The molecule has 40 heavy (non-hydrogen) atoms. The lowest BCUT2D eigenvalue weighted by atomic mass is 9.83. The Bertz CT molecular complexity index is 2040. The Hall–Kier alpha value is -4.42. The van der Waals surface area contributed by atoms with Crippen LogP contribution in [0.2, 0.25) is 0 Å². The van der Waals surface area contributed by atoms with Crippen LogP contribution < -0.4 is 19.6 Å². The molecule has 0 radical (unpaired) electrons. The first kappa shape index (κ1) is 24.6. The first-order valence-corrected chi connectivity index (χ1v) is 14.4. The lowest BCUT2D eigenvalue weighted by molar-refractivity contribution is 0.402. The summed E-state index contributed by atoms with van der Waals surface area (Å²) in [6, 6.07) is 24.6. The van der Waals surface area contributed by atoms with Crippen molar-refractivity contribution in [3.05, 3.63) is 139 Å². The van der Waals surface area contributed by atoms with Crippen LogP contribution >= 0.6 is 11.3 Å². The molecule has 0 bridgehead atoms. The molecule has 3 aromatic carbocycles. The second-order valence-corrected chi connectivity index (χ2v) is 11.3. The van der Waals surface area contributed by atoms with Gasteiger partial charge in [0.1, 0.15) is 5.75 Å². The Labute approximate surface area is 236 Å². The molecule has 1 atom stereocenters. The Morgan fingerprint density at radius 3 is 2.67 bits per heavy atom. The van der Waals surface area contributed by atoms with Crippen LogP contribution in [0.5, 0.6) is 5.75 Å². The molecule has 5 nitrogen and oxygen atoms in total. The zero-order valence-corrected chi connectivity index (χ0v) is 23.4. The molecule has 0 N–H and O–H groups in total. The highest BCUT2D eigenvalue weighted by Gasteiger charge is 2.34. The van der Waals surface area contributed by atoms with Gasteiger partial charge in [-0.1, -0.05) is 78.1 Å². The van der Waals surface area contributed by atoms with Crippen molar-refractivity contribution in [2.24, 2.45) is 4.99 Å². The molecule has 198 valence electrons. The number of methoxy groups -OCH3 is 1. The molecule has 0 saturated carbocycles. The fourth-order valence-corrected chi connectivity index (χ4v) is 7.31. The van der Waals surface area contributed by atoms with Crippen LogP contribution in [0.25, 0.3) is 22.7 Å². The number of rotatable bonds is 5. The monoisotopic (exact) mass is 543 g/mol. The van der Waals surface area contributed by atoms with Crippen molar-refractivity contribution in [1.82, 2.24) is 9.13 Å². The molecule has 3 heterocycles. The van der Waals surface area contributed by atoms with Crippen molar-refractivity contribution in [2.75, 3.05) is 7.11 Å². The van der Waals surface area contributed by atoms with E-state index in [-0.39, 0.29) is 11.6 Å². The van der Waals surface area contributed by atoms with Crippen molar-refractivity contribution in [1.29, 1.82) is 0 Å². The zero-order valence-electron chi connectivity index (χ0n) is 22.6. The van der Waals surface area contributed by atoms with E-state index in [1.165, 1.54) is 22.5 Å². The number of nitrogens with zero attached hydrogens (tertiary/aromatic N) is 3. The topological polar surface area (TPSA) is 48.5 Å². The minimum Gasteiger partial charge on any atom is -0.496 e. The van der Waals surface area contributed by atoms with E-state index in [2.05, 4.69) is 72.7 Å². The molecule has 2 aliphatic rings. The highest BCUT2D eigenvalue weighted by atomic mass is 32.1. The maximum Gasteiger partial charge on any atom is 0.271 e. The predicted octanol–water partition coefficient (Wildman–Crippen LogP) is 5.78. The largest absolute Gasteiger partial charge is 0.496 e. The molecule has 0 unspecified atom stereocenters. The maximum absolute atomic E-state index is 14.3. The van der Waals surface area contributed by atoms with Gasteiger partial charge in [-0.05, 0) is 49.1 Å². The minimum absolute atomic E-state index is 0.0231. The summed E-state index contributed by atoms with van der Waals surface area (Å²) >= 11 is 1.46. The third-order valence-corrected chi connectivity index (χ3v) is 9.16. The second-order valence-electron chi connectivity index (χ2n) is 10.3. The van der Waals surface area contributed by atoms with E-state index in [4.69, 9.17) is 9.73 Å². The molecule has 0 amide bonds. The Kier molecular flexibility index (Phi) is 5.93. The molecule has 0 saturated heterocycles. The number of aromatic nitrogens is 2. The van der Waals surface area contributed by atoms with Crippen molar-refractivity contribution >= 4 is 34.0 Å². The number of benzene rings is 3. The summed E-state index contributed by atoms with van der Waals surface area (Å²) in [5.74, 6) is 0.776. The van der Waals surface area contributed by atoms with Gasteiger partial charge in [-0.3, -0.25) is 9.36 Å². The number of thiazole rings is 1. The lowest BCUT2D eigenvalue weighted by Crippen LogP contribution is -2.39. The van der Waals surface area contributed by atoms with Gasteiger partial charge in [0, 0.05) is 39.8 Å². The molecule has 7 rings (SSSR count). The van der Waals surface area contributed by atoms with Crippen molar-refractivity contribution < 1.29 is 4.74 Å². The summed E-state index contributed by atoms with van der Waals surface area (Å²) in [6.07, 6.45) is 5.73. The molecule has 0 spiro atoms. The second kappa shape index (κ2) is 9.65. The number of ether oxygens (including phenoxy) is 1. The molecule has 1 aliphatic heterocycles. The molecule has 1 aliphatic carbocycles. The van der Waals surface area contributed by atoms with Crippen LogP contribution in [0.15, 0.2) is 101 Å². The number of hydrogen-bond acceptors (Lipinski definition) is 4. The third kappa shape index (κ3) is 3.67. The van der Waals surface area contributed by atoms with E-state index in [0.29, 0.717) is 11.1 Å². The quantitative estimate of drug-likeness (QED) is 0.264. The van der Waals surface area contributed by atoms with E-state index in [1.807, 2.05) is 34.9 Å². The van der Waals surface area contributed by atoms with Gasteiger partial charge in [0.2, 0.25) is 0 Å². The third-order valence-electron chi connectivity index (χ3n) is 8.17. The number of para-hydroxylation sites is 2. The van der Waals surface area contributed by atoms with Gasteiger partial charge < -0.3 is 9.30 Å². The van der Waals surface area contributed by atoms with Gasteiger partial charge in [-0.25, -0.2) is 4.99 Å². The summed E-state index contributed by atoms with van der Waals surface area (Å²) in [6.45, 7) is 6.77. The highest BCUT2D eigenvalue weighted by Crippen LogP contribution is 2.43. The summed E-state index contributed by atoms with van der Waals surface area (Å²) in [4.78, 5) is 20.2. The predicted molar refractivity (Wildman–Crippen MR) is 163 cm³/mol. The summed E-state index contributed by atoms with van der Waals surface area (Å²) in [5, 5.41) is 1.13. The van der Waals surface area contributed by atoms with E-state index in [9.17, 15) is 4.79 Å². The van der Waals surface area contributed by atoms with Crippen LogP contribution in [0.4, 0.5) is 0 Å². The van der Waals surface area contributed by atoms with Gasteiger partial charge in [0.05, 0.1) is 23.4 Å². The fraction of sp³-hybridized carbons (Fsp3) is 0.176. The van der Waals surface area contributed by atoms with Crippen molar-refractivity contribution in [2.45, 2.75) is 32.4 Å². The molecule has 5 aromatic rings. The average Bonchev–Trinajstić information content (AvgIpc) is 3.44. The van der Waals surface area contributed by atoms with E-state index in [0.717, 1.165) is 62.4 Å². The number of hydrogen-bond donors (Lipinski definition) is 0. The number of fused-ring (bicyclic) bond motifs is 4. The van der Waals surface area contributed by atoms with Crippen LogP contribution in [0.3, 0.4) is 0 Å². The SMILES string of the molecule is C=CCn1c(C)c(/C=c2\sc3n(c2=O)[C@H](c2ccccc2OC)C2=C(N=3)c3ccccc3CC2)c2ccccc21. The normalized spacial score (nSPS) is 16.4. The Balaban J connectivity index is 1.52. The molecular formula is C34H29N3O2S. The standard InChI is InChI=1S/C34H29N3O2S/c1-4-19-36-21(2)27(24-13-7-9-15-28(24)36)20-30-33(38)37-32(25-14-8-10-16-29(25)39-3)26-18-17-22-11-5-6-12-23(22)31(26)35-34(37)40-30/h4-16,20,32H,1,17-19H2,2-3H3/b30-20-/t32-/m1/s1. The van der Waals surface area contributed by atoms with Crippen LogP contribution in [0, 0.1) is 6.92 Å². The maximum atomic E-state index is 14.3. The molecule has 0 fully saturated rings. The van der Waals surface area contributed by atoms with Gasteiger partial charge in [0.25, 0.3) is 5.56 Å². The Morgan fingerprint density at radius 2 is 1.82 bits per heavy atom. The van der Waals surface area contributed by atoms with Crippen molar-refractivity contribution in [3.8, 4) is 5.75 Å². The summed E-state index contributed by atoms with van der Waals surface area (Å²) in [7, 11) is 1.69. The van der Waals surface area contributed by atoms with Gasteiger partial charge >= 0.3 is 0 Å². The molecular weight excluding hydrogens is 514 g/mol. The van der Waals surface area contributed by atoms with E-state index in [1.54, 1.807) is 7.11 Å². The smallest absolute Gasteiger partial charge is 0.271 e. The first-order valence-electron chi connectivity index (χ1n) is 13.6. The Morgan fingerprint density at radius 1 is 1.05 bits per heavy atom. The van der Waals surface area contributed by atoms with Gasteiger partial charge in [-0.15, -0.1) is 6.58 Å². The average molecular weight is 544 g/mol. The van der Waals surface area contributed by atoms with Gasteiger partial charge in [-0.2, -0.15) is 0 Å². The summed E-state index contributed by atoms with van der Waals surface area (Å²) in [5.41, 5.74) is 8.89. The minimum atomic E-state index is -0.277. The number of allylic oxidation sites excluding steroid dienone is 2. The van der Waals surface area contributed by atoms with Gasteiger partial charge in [0.15, 0.2) is 4.80 Å². The number of aryl methyl sites for hydroxylation is 1. The fourth-order valence-electron chi connectivity index (χ4n) is 6.33. The lowest BCUT2D eigenvalue weighted by Gasteiger charge is -2.31. The first-order chi connectivity index (χ1) is 19.6. The van der Waals surface area contributed by atoms with Crippen LogP contribution in [-0.2, 0) is 13.0 Å². The molecule has 2 aromatic heterocycles. The summed E-state index contributed by atoms with van der Waals surface area (Å²) < 4.78 is 10.6. The zero-order chi connectivity index (χ0) is 27.4. The van der Waals surface area contributed by atoms with E-state index >= 15 is 0 Å². The molecule has 6 heteroatoms. The van der Waals surface area contributed by atoms with Crippen LogP contribution in [-0.4, -0.2) is 16.2 Å². The van der Waals surface area contributed by atoms with Crippen molar-refractivity contribution in [3.63, 3.8) is 0 Å². The highest BCUT2D eigenvalue weighted by molar-refractivity contribution is 7.07. The van der Waals surface area contributed by atoms with E-state index < -0.39 is 0 Å².